The molecule has 0 aliphatic heterocycles. The van der Waals surface area contributed by atoms with Crippen molar-refractivity contribution in [2.45, 2.75) is 50.2 Å². The molecule has 0 aliphatic rings. The summed E-state index contributed by atoms with van der Waals surface area (Å²) in [6, 6.07) is -3.91. The zero-order valence-electron chi connectivity index (χ0n) is 14.3. The predicted molar refractivity (Wildman–Crippen MR) is 90.0 cm³/mol. The van der Waals surface area contributed by atoms with Gasteiger partial charge in [-0.25, -0.2) is 4.79 Å². The maximum Gasteiger partial charge on any atom is 0.326 e. The summed E-state index contributed by atoms with van der Waals surface area (Å²) >= 11 is 0. The molecule has 0 radical (unpaired) electrons. The summed E-state index contributed by atoms with van der Waals surface area (Å²) in [6.07, 6.45) is 0.166. The monoisotopic (exact) mass is 374 g/mol. The van der Waals surface area contributed by atoms with Gasteiger partial charge in [0.15, 0.2) is 0 Å². The largest absolute Gasteiger partial charge is 0.480 e. The minimum absolute atomic E-state index is 0.154. The molecule has 0 saturated heterocycles. The van der Waals surface area contributed by atoms with E-state index in [4.69, 9.17) is 28.0 Å². The highest BCUT2D eigenvalue weighted by Gasteiger charge is 2.28. The number of aliphatic carboxylic acids is 1. The van der Waals surface area contributed by atoms with Gasteiger partial charge < -0.3 is 38.7 Å². The van der Waals surface area contributed by atoms with Gasteiger partial charge in [-0.05, 0) is 25.8 Å². The Hall–Kier alpha value is -2.73. The third-order valence-electron chi connectivity index (χ3n) is 3.36. The number of carboxylic acid groups (broad SMARTS) is 1. The summed E-state index contributed by atoms with van der Waals surface area (Å²) in [5, 5.41) is 13.5. The fourth-order valence-electron chi connectivity index (χ4n) is 2.02. The molecular formula is C14H26N6O6. The number of unbranched alkanes of at least 4 members (excludes halogenated alkanes) is 1. The Kier molecular flexibility index (Phi) is 10.5. The van der Waals surface area contributed by atoms with E-state index in [0.29, 0.717) is 19.4 Å². The molecule has 0 fully saturated rings. The Labute approximate surface area is 150 Å². The smallest absolute Gasteiger partial charge is 0.326 e. The van der Waals surface area contributed by atoms with Crippen molar-refractivity contribution in [2.75, 3.05) is 6.54 Å². The minimum Gasteiger partial charge on any atom is -0.480 e. The van der Waals surface area contributed by atoms with Crippen molar-refractivity contribution >= 4 is 29.6 Å². The van der Waals surface area contributed by atoms with E-state index in [-0.39, 0.29) is 6.42 Å². The lowest BCUT2D eigenvalue weighted by Gasteiger charge is -2.22. The number of rotatable bonds is 13. The maximum absolute atomic E-state index is 12.3. The summed E-state index contributed by atoms with van der Waals surface area (Å²) in [5.41, 5.74) is 20.8. The van der Waals surface area contributed by atoms with Crippen molar-refractivity contribution in [1.82, 2.24) is 10.6 Å². The molecule has 0 saturated carbocycles. The maximum atomic E-state index is 12.3. The highest BCUT2D eigenvalue weighted by molar-refractivity contribution is 5.94. The number of hydrogen-bond acceptors (Lipinski definition) is 7. The minimum atomic E-state index is -1.53. The van der Waals surface area contributed by atoms with Gasteiger partial charge in [0.1, 0.15) is 12.1 Å². The first-order valence-electron chi connectivity index (χ1n) is 7.94. The molecular weight excluding hydrogens is 348 g/mol. The Morgan fingerprint density at radius 2 is 1.38 bits per heavy atom. The van der Waals surface area contributed by atoms with Gasteiger partial charge in [-0.3, -0.25) is 19.2 Å². The van der Waals surface area contributed by atoms with E-state index >= 15 is 0 Å². The quantitative estimate of drug-likeness (QED) is 0.158. The first-order valence-corrected chi connectivity index (χ1v) is 7.94. The van der Waals surface area contributed by atoms with Crippen molar-refractivity contribution in [2.24, 2.45) is 22.9 Å². The van der Waals surface area contributed by atoms with Crippen LogP contribution < -0.4 is 33.6 Å². The van der Waals surface area contributed by atoms with Crippen molar-refractivity contribution in [3.05, 3.63) is 0 Å². The van der Waals surface area contributed by atoms with Crippen LogP contribution in [0.1, 0.15) is 32.1 Å². The summed E-state index contributed by atoms with van der Waals surface area (Å²) in [4.78, 5) is 57.1. The van der Waals surface area contributed by atoms with Crippen LogP contribution in [0.3, 0.4) is 0 Å². The Balaban J connectivity index is 5.05. The van der Waals surface area contributed by atoms with E-state index in [0.717, 1.165) is 0 Å². The molecule has 12 nitrogen and oxygen atoms in total. The molecule has 0 heterocycles. The predicted octanol–water partition coefficient (Wildman–Crippen LogP) is -3.75. The molecule has 26 heavy (non-hydrogen) atoms. The number of nitrogens with two attached hydrogens (primary N) is 4. The van der Waals surface area contributed by atoms with Crippen LogP contribution >= 0.6 is 0 Å². The van der Waals surface area contributed by atoms with Crippen molar-refractivity contribution < 1.29 is 29.1 Å². The van der Waals surface area contributed by atoms with E-state index in [9.17, 15) is 24.0 Å². The molecule has 0 aliphatic carbocycles. The highest BCUT2D eigenvalue weighted by Crippen LogP contribution is 2.04. The van der Waals surface area contributed by atoms with Gasteiger partial charge in [-0.2, -0.15) is 0 Å². The van der Waals surface area contributed by atoms with Crippen LogP contribution in [0.2, 0.25) is 0 Å². The first-order chi connectivity index (χ1) is 12.1. The third kappa shape index (κ3) is 9.54. The fraction of sp³-hybridized carbons (Fsp3) is 0.643. The van der Waals surface area contributed by atoms with Gasteiger partial charge in [-0.15, -0.1) is 0 Å². The van der Waals surface area contributed by atoms with E-state index in [1.807, 2.05) is 0 Å². The molecule has 148 valence electrons. The van der Waals surface area contributed by atoms with Crippen LogP contribution in [0, 0.1) is 0 Å². The molecule has 0 rings (SSSR count). The normalized spacial score (nSPS) is 13.9. The molecule has 3 unspecified atom stereocenters. The second-order valence-electron chi connectivity index (χ2n) is 5.69. The number of nitrogens with one attached hydrogen (secondary N) is 2. The fourth-order valence-corrected chi connectivity index (χ4v) is 2.02. The molecule has 0 aromatic carbocycles. The van der Waals surface area contributed by atoms with Gasteiger partial charge >= 0.3 is 5.97 Å². The third-order valence-corrected chi connectivity index (χ3v) is 3.36. The van der Waals surface area contributed by atoms with Crippen LogP contribution in [0.25, 0.3) is 0 Å². The van der Waals surface area contributed by atoms with Crippen molar-refractivity contribution in [1.29, 1.82) is 0 Å². The lowest BCUT2D eigenvalue weighted by atomic mass is 10.1. The van der Waals surface area contributed by atoms with Gasteiger partial charge in [-0.1, -0.05) is 0 Å². The van der Waals surface area contributed by atoms with Gasteiger partial charge in [0.05, 0.1) is 18.9 Å². The molecule has 12 heteroatoms. The average Bonchev–Trinajstić information content (AvgIpc) is 2.51. The molecule has 3 atom stereocenters. The number of carbonyl (C=O) groups excluding carboxylic acids is 4. The Bertz CT molecular complexity index is 540. The van der Waals surface area contributed by atoms with Crippen molar-refractivity contribution in [3.63, 3.8) is 0 Å². The summed E-state index contributed by atoms with van der Waals surface area (Å²) < 4.78 is 0. The molecule has 0 aromatic rings. The molecule has 4 amide bonds. The van der Waals surface area contributed by atoms with E-state index in [2.05, 4.69) is 10.6 Å². The zero-order chi connectivity index (χ0) is 20.3. The lowest BCUT2D eigenvalue weighted by Crippen LogP contribution is -2.55. The van der Waals surface area contributed by atoms with Crippen molar-refractivity contribution in [3.8, 4) is 0 Å². The molecule has 0 bridgehead atoms. The van der Waals surface area contributed by atoms with Gasteiger partial charge in [0.25, 0.3) is 0 Å². The second kappa shape index (κ2) is 11.8. The number of hydrogen-bond donors (Lipinski definition) is 7. The van der Waals surface area contributed by atoms with Crippen LogP contribution in [-0.4, -0.2) is 59.4 Å². The number of amides is 4. The summed E-state index contributed by atoms with van der Waals surface area (Å²) in [7, 11) is 0. The Morgan fingerprint density at radius 1 is 0.846 bits per heavy atom. The van der Waals surface area contributed by atoms with E-state index in [1.165, 1.54) is 0 Å². The van der Waals surface area contributed by atoms with Crippen LogP contribution in [0.5, 0.6) is 0 Å². The number of carboxylic acids is 1. The molecule has 0 aromatic heterocycles. The lowest BCUT2D eigenvalue weighted by molar-refractivity contribution is -0.143. The molecule has 0 spiro atoms. The average molecular weight is 374 g/mol. The number of primary amides is 2. The summed E-state index contributed by atoms with van der Waals surface area (Å²) in [6.45, 7) is 0.364. The first kappa shape index (κ1) is 23.3. The van der Waals surface area contributed by atoms with Crippen LogP contribution in [-0.2, 0) is 24.0 Å². The Morgan fingerprint density at radius 3 is 1.85 bits per heavy atom. The van der Waals surface area contributed by atoms with E-state index < -0.39 is 60.6 Å². The SMILES string of the molecule is NCCCCC(NC(=O)C(N)CC(N)=O)C(=O)NC(CC(N)=O)C(=O)O. The van der Waals surface area contributed by atoms with Gasteiger partial charge in [0, 0.05) is 0 Å². The van der Waals surface area contributed by atoms with Crippen LogP contribution in [0.4, 0.5) is 0 Å². The van der Waals surface area contributed by atoms with Gasteiger partial charge in [0.2, 0.25) is 23.6 Å². The van der Waals surface area contributed by atoms with Crippen LogP contribution in [0.15, 0.2) is 0 Å². The standard InChI is InChI=1S/C14H26N6O6/c15-4-2-1-3-8(19-12(23)7(16)5-10(17)21)13(24)20-9(14(25)26)6-11(18)22/h7-9H,1-6,15-16H2,(H2,17,21)(H2,18,22)(H,19,23)(H,20,24)(H,25,26). The zero-order valence-corrected chi connectivity index (χ0v) is 14.3. The second-order valence-corrected chi connectivity index (χ2v) is 5.69. The topological polar surface area (TPSA) is 234 Å². The highest BCUT2D eigenvalue weighted by atomic mass is 16.4. The number of carbonyl (C=O) groups is 5. The van der Waals surface area contributed by atoms with E-state index in [1.54, 1.807) is 0 Å². The summed E-state index contributed by atoms with van der Waals surface area (Å²) in [5.74, 6) is -4.77. The molecule has 11 N–H and O–H groups in total.